The van der Waals surface area contributed by atoms with Gasteiger partial charge in [-0.15, -0.1) is 0 Å². The summed E-state index contributed by atoms with van der Waals surface area (Å²) in [6, 6.07) is 8.13. The van der Waals surface area contributed by atoms with Crippen LogP contribution in [0.15, 0.2) is 24.3 Å². The van der Waals surface area contributed by atoms with Crippen LogP contribution in [0.3, 0.4) is 0 Å². The fourth-order valence-electron chi connectivity index (χ4n) is 1.75. The highest BCUT2D eigenvalue weighted by Gasteiger charge is 2.21. The summed E-state index contributed by atoms with van der Waals surface area (Å²) < 4.78 is 0. The van der Waals surface area contributed by atoms with Gasteiger partial charge in [0.05, 0.1) is 6.61 Å². The van der Waals surface area contributed by atoms with Gasteiger partial charge >= 0.3 is 0 Å². The topological polar surface area (TPSA) is 40.5 Å². The van der Waals surface area contributed by atoms with Gasteiger partial charge in [-0.05, 0) is 24.0 Å². The molecular weight excluding hydrogens is 188 g/mol. The minimum Gasteiger partial charge on any atom is -0.396 e. The lowest BCUT2D eigenvalue weighted by atomic mass is 9.81. The number of hydrogen-bond acceptors (Lipinski definition) is 2. The fourth-order valence-corrected chi connectivity index (χ4v) is 1.75. The first-order chi connectivity index (χ1) is 7.11. The summed E-state index contributed by atoms with van der Waals surface area (Å²) in [6.07, 6.45) is 1.65. The van der Waals surface area contributed by atoms with Crippen LogP contribution >= 0.6 is 0 Å². The molecule has 84 valence electrons. The molecule has 0 heterocycles. The van der Waals surface area contributed by atoms with Gasteiger partial charge in [0.25, 0.3) is 0 Å². The molecule has 2 N–H and O–H groups in total. The van der Waals surface area contributed by atoms with Crippen LogP contribution in [-0.2, 0) is 11.8 Å². The van der Waals surface area contributed by atoms with Crippen molar-refractivity contribution < 1.29 is 10.2 Å². The molecule has 15 heavy (non-hydrogen) atoms. The maximum atomic E-state index is 9.35. The summed E-state index contributed by atoms with van der Waals surface area (Å²) in [7, 11) is 0. The number of aliphatic hydroxyl groups excluding tert-OH is 2. The van der Waals surface area contributed by atoms with E-state index in [9.17, 15) is 5.11 Å². The molecule has 0 fully saturated rings. The zero-order valence-corrected chi connectivity index (χ0v) is 9.53. The number of aryl methyl sites for hydroxylation is 1. The predicted molar refractivity (Wildman–Crippen MR) is 62.0 cm³/mol. The first-order valence-corrected chi connectivity index (χ1v) is 5.42. The summed E-state index contributed by atoms with van der Waals surface area (Å²) in [5.74, 6) is 0. The van der Waals surface area contributed by atoms with E-state index < -0.39 is 0 Å². The van der Waals surface area contributed by atoms with Crippen molar-refractivity contribution in [3.63, 3.8) is 0 Å². The summed E-state index contributed by atoms with van der Waals surface area (Å²) >= 11 is 0. The number of hydrogen-bond donors (Lipinski definition) is 2. The predicted octanol–water partition coefficient (Wildman–Crippen LogP) is 1.88. The molecule has 0 aromatic heterocycles. The quantitative estimate of drug-likeness (QED) is 0.775. The SMILES string of the molecule is CC(C)(CO)c1ccccc1CCCO. The van der Waals surface area contributed by atoms with Gasteiger partial charge in [-0.1, -0.05) is 38.1 Å². The van der Waals surface area contributed by atoms with Crippen LogP contribution in [0.2, 0.25) is 0 Å². The van der Waals surface area contributed by atoms with Gasteiger partial charge < -0.3 is 10.2 Å². The molecule has 0 spiro atoms. The Morgan fingerprint density at radius 3 is 2.40 bits per heavy atom. The van der Waals surface area contributed by atoms with E-state index in [4.69, 9.17) is 5.11 Å². The minimum absolute atomic E-state index is 0.142. The van der Waals surface area contributed by atoms with Gasteiger partial charge in [-0.2, -0.15) is 0 Å². The highest BCUT2D eigenvalue weighted by Crippen LogP contribution is 2.26. The van der Waals surface area contributed by atoms with Crippen molar-refractivity contribution in [1.82, 2.24) is 0 Å². The molecule has 0 saturated heterocycles. The van der Waals surface area contributed by atoms with E-state index in [0.717, 1.165) is 12.8 Å². The Balaban J connectivity index is 2.95. The average Bonchev–Trinajstić information content (AvgIpc) is 2.26. The van der Waals surface area contributed by atoms with Crippen molar-refractivity contribution in [3.8, 4) is 0 Å². The molecular formula is C13H20O2. The van der Waals surface area contributed by atoms with Gasteiger partial charge in [0.2, 0.25) is 0 Å². The lowest BCUT2D eigenvalue weighted by Crippen LogP contribution is -2.23. The zero-order chi connectivity index (χ0) is 11.3. The molecule has 0 aliphatic rings. The highest BCUT2D eigenvalue weighted by atomic mass is 16.3. The molecule has 0 amide bonds. The molecule has 0 bridgehead atoms. The third-order valence-electron chi connectivity index (χ3n) is 2.75. The monoisotopic (exact) mass is 208 g/mol. The summed E-state index contributed by atoms with van der Waals surface area (Å²) in [6.45, 7) is 4.42. The first kappa shape index (κ1) is 12.2. The molecule has 0 unspecified atom stereocenters. The van der Waals surface area contributed by atoms with Crippen LogP contribution < -0.4 is 0 Å². The van der Waals surface area contributed by atoms with Crippen LogP contribution in [0.1, 0.15) is 31.4 Å². The van der Waals surface area contributed by atoms with Crippen LogP contribution in [0, 0.1) is 0 Å². The smallest absolute Gasteiger partial charge is 0.0522 e. The molecule has 1 aromatic carbocycles. The molecule has 0 atom stereocenters. The Morgan fingerprint density at radius 2 is 1.80 bits per heavy atom. The van der Waals surface area contributed by atoms with Crippen LogP contribution in [0.25, 0.3) is 0 Å². The third-order valence-corrected chi connectivity index (χ3v) is 2.75. The number of aliphatic hydroxyl groups is 2. The van der Waals surface area contributed by atoms with Crippen molar-refractivity contribution in [1.29, 1.82) is 0 Å². The van der Waals surface area contributed by atoms with Crippen molar-refractivity contribution in [2.45, 2.75) is 32.1 Å². The molecule has 0 radical (unpaired) electrons. The van der Waals surface area contributed by atoms with Crippen molar-refractivity contribution >= 4 is 0 Å². The molecule has 2 nitrogen and oxygen atoms in total. The Hall–Kier alpha value is -0.860. The summed E-state index contributed by atoms with van der Waals surface area (Å²) in [5, 5.41) is 18.2. The largest absolute Gasteiger partial charge is 0.396 e. The van der Waals surface area contributed by atoms with E-state index in [1.165, 1.54) is 11.1 Å². The van der Waals surface area contributed by atoms with Crippen molar-refractivity contribution in [3.05, 3.63) is 35.4 Å². The Bertz CT molecular complexity index is 305. The van der Waals surface area contributed by atoms with Crippen LogP contribution in [0.5, 0.6) is 0 Å². The van der Waals surface area contributed by atoms with Crippen LogP contribution in [0.4, 0.5) is 0 Å². The highest BCUT2D eigenvalue weighted by molar-refractivity contribution is 5.33. The lowest BCUT2D eigenvalue weighted by Gasteiger charge is -2.25. The number of rotatable bonds is 5. The Labute approximate surface area is 91.6 Å². The Kier molecular flexibility index (Phi) is 4.30. The van der Waals surface area contributed by atoms with E-state index >= 15 is 0 Å². The third kappa shape index (κ3) is 3.05. The molecule has 1 aromatic rings. The molecule has 2 heteroatoms. The van der Waals surface area contributed by atoms with Crippen LogP contribution in [-0.4, -0.2) is 23.4 Å². The van der Waals surface area contributed by atoms with Gasteiger partial charge in [-0.3, -0.25) is 0 Å². The second-order valence-electron chi connectivity index (χ2n) is 4.53. The van der Waals surface area contributed by atoms with Gasteiger partial charge in [0.1, 0.15) is 0 Å². The van der Waals surface area contributed by atoms with Crippen molar-refractivity contribution in [2.24, 2.45) is 0 Å². The molecule has 0 saturated carbocycles. The van der Waals surface area contributed by atoms with E-state index in [0.29, 0.717) is 0 Å². The maximum absolute atomic E-state index is 9.35. The van der Waals surface area contributed by atoms with Gasteiger partial charge in [0, 0.05) is 12.0 Å². The zero-order valence-electron chi connectivity index (χ0n) is 9.53. The standard InChI is InChI=1S/C13H20O2/c1-13(2,10-15)12-8-4-3-6-11(12)7-5-9-14/h3-4,6,8,14-15H,5,7,9-10H2,1-2H3. The summed E-state index contributed by atoms with van der Waals surface area (Å²) in [5.41, 5.74) is 2.21. The number of benzene rings is 1. The molecule has 0 aliphatic carbocycles. The second-order valence-corrected chi connectivity index (χ2v) is 4.53. The molecule has 1 rings (SSSR count). The first-order valence-electron chi connectivity index (χ1n) is 5.42. The van der Waals surface area contributed by atoms with Gasteiger partial charge in [-0.25, -0.2) is 0 Å². The van der Waals surface area contributed by atoms with E-state index in [1.807, 2.05) is 26.0 Å². The van der Waals surface area contributed by atoms with E-state index in [1.54, 1.807) is 0 Å². The normalized spacial score (nSPS) is 11.7. The second kappa shape index (κ2) is 5.29. The minimum atomic E-state index is -0.202. The summed E-state index contributed by atoms with van der Waals surface area (Å²) in [4.78, 5) is 0. The maximum Gasteiger partial charge on any atom is 0.0522 e. The van der Waals surface area contributed by atoms with E-state index in [-0.39, 0.29) is 18.6 Å². The lowest BCUT2D eigenvalue weighted by molar-refractivity contribution is 0.217. The molecule has 0 aliphatic heterocycles. The Morgan fingerprint density at radius 1 is 1.13 bits per heavy atom. The van der Waals surface area contributed by atoms with Gasteiger partial charge in [0.15, 0.2) is 0 Å². The van der Waals surface area contributed by atoms with E-state index in [2.05, 4.69) is 12.1 Å². The average molecular weight is 208 g/mol. The van der Waals surface area contributed by atoms with Crippen molar-refractivity contribution in [2.75, 3.05) is 13.2 Å². The fraction of sp³-hybridized carbons (Fsp3) is 0.538.